The van der Waals surface area contributed by atoms with Crippen LogP contribution in [0.15, 0.2) is 66.7 Å². The summed E-state index contributed by atoms with van der Waals surface area (Å²) in [4.78, 5) is 12.4. The molecule has 4 nitrogen and oxygen atoms in total. The first-order valence-corrected chi connectivity index (χ1v) is 8.71. The van der Waals surface area contributed by atoms with Crippen LogP contribution in [0.3, 0.4) is 0 Å². The van der Waals surface area contributed by atoms with E-state index in [1.807, 2.05) is 18.2 Å². The van der Waals surface area contributed by atoms with Gasteiger partial charge in [-0.15, -0.1) is 0 Å². The molecule has 2 unspecified atom stereocenters. The van der Waals surface area contributed by atoms with Crippen molar-refractivity contribution in [1.82, 2.24) is 16.2 Å². The molecule has 3 N–H and O–H groups in total. The lowest BCUT2D eigenvalue weighted by Gasteiger charge is -2.13. The Kier molecular flexibility index (Phi) is 4.65. The van der Waals surface area contributed by atoms with Gasteiger partial charge in [0.15, 0.2) is 0 Å². The van der Waals surface area contributed by atoms with Gasteiger partial charge in [0.05, 0.1) is 0 Å². The minimum atomic E-state index is -0.306. The molecule has 0 aromatic heterocycles. The Hall–Kier alpha value is -2.76. The summed E-state index contributed by atoms with van der Waals surface area (Å²) in [5.41, 5.74) is 8.39. The van der Waals surface area contributed by atoms with E-state index in [9.17, 15) is 9.18 Å². The predicted molar refractivity (Wildman–Crippen MR) is 99.6 cm³/mol. The molecule has 4 rings (SSSR count). The summed E-state index contributed by atoms with van der Waals surface area (Å²) >= 11 is 0. The molecule has 3 aromatic rings. The maximum Gasteiger partial charge on any atom is 0.238 e. The van der Waals surface area contributed by atoms with Crippen molar-refractivity contribution in [2.75, 3.05) is 0 Å². The van der Waals surface area contributed by atoms with Crippen molar-refractivity contribution in [3.8, 4) is 0 Å². The topological polar surface area (TPSA) is 53.2 Å². The van der Waals surface area contributed by atoms with E-state index in [4.69, 9.17) is 0 Å². The highest BCUT2D eigenvalue weighted by atomic mass is 19.1. The number of halogens is 1. The van der Waals surface area contributed by atoms with Gasteiger partial charge >= 0.3 is 0 Å². The van der Waals surface area contributed by atoms with Crippen molar-refractivity contribution in [3.05, 3.63) is 83.7 Å². The van der Waals surface area contributed by atoms with Crippen LogP contribution in [0.25, 0.3) is 10.8 Å². The molecule has 2 atom stereocenters. The number of nitrogens with one attached hydrogen (secondary N) is 3. The fourth-order valence-corrected chi connectivity index (χ4v) is 3.40. The second kappa shape index (κ2) is 7.23. The zero-order valence-corrected chi connectivity index (χ0v) is 14.2. The summed E-state index contributed by atoms with van der Waals surface area (Å²) in [5.74, 6) is -0.343. The molecule has 1 aliphatic heterocycles. The summed E-state index contributed by atoms with van der Waals surface area (Å²) in [6, 6.07) is 20.4. The van der Waals surface area contributed by atoms with Crippen molar-refractivity contribution in [2.45, 2.75) is 25.0 Å². The smallest absolute Gasteiger partial charge is 0.238 e. The number of amides is 1. The van der Waals surface area contributed by atoms with E-state index >= 15 is 0 Å². The van der Waals surface area contributed by atoms with Gasteiger partial charge in [-0.25, -0.2) is 15.2 Å². The van der Waals surface area contributed by atoms with E-state index in [0.29, 0.717) is 13.0 Å². The Balaban J connectivity index is 1.41. The SMILES string of the molecule is O=C(NCc1ccc(F)cc1)C1CC(c2cccc3ccccc23)NN1. The van der Waals surface area contributed by atoms with Gasteiger partial charge < -0.3 is 5.32 Å². The maximum absolute atomic E-state index is 12.9. The standard InChI is InChI=1S/C21H20FN3O/c22-16-10-8-14(9-11-16)13-23-21(26)20-12-19(24-25-20)18-7-3-5-15-4-1-2-6-17(15)18/h1-11,19-20,24-25H,12-13H2,(H,23,26). The van der Waals surface area contributed by atoms with Crippen molar-refractivity contribution in [2.24, 2.45) is 0 Å². The van der Waals surface area contributed by atoms with Gasteiger partial charge in [0.2, 0.25) is 5.91 Å². The normalized spacial score (nSPS) is 19.6. The quantitative estimate of drug-likeness (QED) is 0.678. The minimum absolute atomic E-state index is 0.0652. The number of hydrazine groups is 1. The van der Waals surface area contributed by atoms with E-state index < -0.39 is 0 Å². The lowest BCUT2D eigenvalue weighted by molar-refractivity contribution is -0.123. The molecule has 26 heavy (non-hydrogen) atoms. The van der Waals surface area contributed by atoms with Gasteiger partial charge in [0, 0.05) is 12.6 Å². The van der Waals surface area contributed by atoms with Crippen molar-refractivity contribution >= 4 is 16.7 Å². The largest absolute Gasteiger partial charge is 0.351 e. The number of hydrogen-bond donors (Lipinski definition) is 3. The molecule has 1 saturated heterocycles. The second-order valence-corrected chi connectivity index (χ2v) is 6.54. The van der Waals surface area contributed by atoms with E-state index in [1.54, 1.807) is 12.1 Å². The predicted octanol–water partition coefficient (Wildman–Crippen LogP) is 3.20. The van der Waals surface area contributed by atoms with Crippen LogP contribution >= 0.6 is 0 Å². The van der Waals surface area contributed by atoms with E-state index in [1.165, 1.54) is 28.5 Å². The summed E-state index contributed by atoms with van der Waals surface area (Å²) in [6.45, 7) is 0.385. The third kappa shape index (κ3) is 3.45. The monoisotopic (exact) mass is 349 g/mol. The molecule has 0 bridgehead atoms. The second-order valence-electron chi connectivity index (χ2n) is 6.54. The lowest BCUT2D eigenvalue weighted by atomic mass is 9.96. The van der Waals surface area contributed by atoms with Gasteiger partial charge in [-0.2, -0.15) is 0 Å². The molecule has 5 heteroatoms. The maximum atomic E-state index is 12.9. The van der Waals surface area contributed by atoms with E-state index in [0.717, 1.165) is 5.56 Å². The Morgan fingerprint density at radius 1 is 1.00 bits per heavy atom. The first-order chi connectivity index (χ1) is 12.7. The highest BCUT2D eigenvalue weighted by Gasteiger charge is 2.30. The average Bonchev–Trinajstić information content (AvgIpc) is 3.17. The molecule has 3 aromatic carbocycles. The third-order valence-electron chi connectivity index (χ3n) is 4.80. The molecule has 1 amide bonds. The summed E-state index contributed by atoms with van der Waals surface area (Å²) in [7, 11) is 0. The Labute approximate surface area is 151 Å². The highest BCUT2D eigenvalue weighted by Crippen LogP contribution is 2.29. The molecule has 1 aliphatic rings. The van der Waals surface area contributed by atoms with Gasteiger partial charge in [-0.05, 0) is 40.5 Å². The molecular formula is C21H20FN3O. The molecule has 1 heterocycles. The Bertz CT molecular complexity index is 921. The lowest BCUT2D eigenvalue weighted by Crippen LogP contribution is -2.42. The van der Waals surface area contributed by atoms with Crippen LogP contribution in [0.1, 0.15) is 23.6 Å². The number of benzene rings is 3. The molecular weight excluding hydrogens is 329 g/mol. The number of hydrogen-bond acceptors (Lipinski definition) is 3. The van der Waals surface area contributed by atoms with Crippen LogP contribution in [0.4, 0.5) is 4.39 Å². The van der Waals surface area contributed by atoms with Crippen molar-refractivity contribution in [1.29, 1.82) is 0 Å². The van der Waals surface area contributed by atoms with Gasteiger partial charge in [-0.3, -0.25) is 4.79 Å². The molecule has 0 aliphatic carbocycles. The molecule has 1 fully saturated rings. The van der Waals surface area contributed by atoms with Gasteiger partial charge in [0.1, 0.15) is 11.9 Å². The first kappa shape index (κ1) is 16.7. The van der Waals surface area contributed by atoms with Crippen LogP contribution < -0.4 is 16.2 Å². The molecule has 0 saturated carbocycles. The van der Waals surface area contributed by atoms with Crippen LogP contribution in [0, 0.1) is 5.82 Å². The summed E-state index contributed by atoms with van der Waals surface area (Å²) in [6.07, 6.45) is 0.670. The van der Waals surface area contributed by atoms with Crippen molar-refractivity contribution in [3.63, 3.8) is 0 Å². The van der Waals surface area contributed by atoms with E-state index in [-0.39, 0.29) is 23.8 Å². The minimum Gasteiger partial charge on any atom is -0.351 e. The van der Waals surface area contributed by atoms with Crippen molar-refractivity contribution < 1.29 is 9.18 Å². The average molecular weight is 349 g/mol. The third-order valence-corrected chi connectivity index (χ3v) is 4.80. The summed E-state index contributed by atoms with van der Waals surface area (Å²) in [5, 5.41) is 5.29. The van der Waals surface area contributed by atoms with Crippen LogP contribution in [-0.2, 0) is 11.3 Å². The number of carbonyl (C=O) groups excluding carboxylic acids is 1. The van der Waals surface area contributed by atoms with E-state index in [2.05, 4.69) is 40.4 Å². The number of fused-ring (bicyclic) bond motifs is 1. The number of carbonyl (C=O) groups is 1. The zero-order valence-electron chi connectivity index (χ0n) is 14.2. The first-order valence-electron chi connectivity index (χ1n) is 8.71. The summed E-state index contributed by atoms with van der Waals surface area (Å²) < 4.78 is 12.9. The highest BCUT2D eigenvalue weighted by molar-refractivity contribution is 5.86. The van der Waals surface area contributed by atoms with Gasteiger partial charge in [-0.1, -0.05) is 54.6 Å². The fourth-order valence-electron chi connectivity index (χ4n) is 3.40. The van der Waals surface area contributed by atoms with Crippen LogP contribution in [0.2, 0.25) is 0 Å². The zero-order chi connectivity index (χ0) is 17.9. The molecule has 132 valence electrons. The molecule has 0 spiro atoms. The molecule has 0 radical (unpaired) electrons. The Morgan fingerprint density at radius 3 is 2.62 bits per heavy atom. The number of rotatable bonds is 4. The van der Waals surface area contributed by atoms with Crippen LogP contribution in [0.5, 0.6) is 0 Å². The Morgan fingerprint density at radius 2 is 1.77 bits per heavy atom. The van der Waals surface area contributed by atoms with Gasteiger partial charge in [0.25, 0.3) is 0 Å². The van der Waals surface area contributed by atoms with Crippen LogP contribution in [-0.4, -0.2) is 11.9 Å². The fraction of sp³-hybridized carbons (Fsp3) is 0.190.